The van der Waals surface area contributed by atoms with Crippen molar-refractivity contribution in [3.05, 3.63) is 59.7 Å². The van der Waals surface area contributed by atoms with Crippen LogP contribution in [-0.4, -0.2) is 19.7 Å². The monoisotopic (exact) mass is 300 g/mol. The molecule has 0 aromatic heterocycles. The van der Waals surface area contributed by atoms with Crippen LogP contribution in [-0.2, 0) is 4.74 Å². The van der Waals surface area contributed by atoms with E-state index in [0.717, 1.165) is 5.56 Å². The first-order valence-electron chi connectivity index (χ1n) is 7.22. The summed E-state index contributed by atoms with van der Waals surface area (Å²) < 4.78 is 16.3. The Kier molecular flexibility index (Phi) is 5.55. The van der Waals surface area contributed by atoms with Gasteiger partial charge in [-0.15, -0.1) is 0 Å². The standard InChI is InChI=1S/C18H20O4/c1-4-21-13(2)15-10-11-16(17(12-15)20-3)22-18(19)14-8-6-5-7-9-14/h5-13H,4H2,1-3H3/t13-/m0/s1. The molecular weight excluding hydrogens is 280 g/mol. The highest BCUT2D eigenvalue weighted by Gasteiger charge is 2.14. The topological polar surface area (TPSA) is 44.8 Å². The van der Waals surface area contributed by atoms with Crippen LogP contribution in [0.4, 0.5) is 0 Å². The molecule has 0 heterocycles. The predicted molar refractivity (Wildman–Crippen MR) is 84.4 cm³/mol. The molecular formula is C18H20O4. The normalized spacial score (nSPS) is 11.8. The van der Waals surface area contributed by atoms with Crippen molar-refractivity contribution in [1.82, 2.24) is 0 Å². The Morgan fingerprint density at radius 3 is 2.45 bits per heavy atom. The van der Waals surface area contributed by atoms with Gasteiger partial charge in [0, 0.05) is 6.61 Å². The fraction of sp³-hybridized carbons (Fsp3) is 0.278. The number of methoxy groups -OCH3 is 1. The summed E-state index contributed by atoms with van der Waals surface area (Å²) in [6.07, 6.45) is -0.0437. The third-order valence-corrected chi connectivity index (χ3v) is 3.29. The Morgan fingerprint density at radius 1 is 1.09 bits per heavy atom. The minimum absolute atomic E-state index is 0.0437. The van der Waals surface area contributed by atoms with Crippen LogP contribution < -0.4 is 9.47 Å². The summed E-state index contributed by atoms with van der Waals surface area (Å²) in [4.78, 5) is 12.1. The molecule has 0 aliphatic rings. The summed E-state index contributed by atoms with van der Waals surface area (Å²) in [5, 5.41) is 0. The SMILES string of the molecule is CCO[C@@H](C)c1ccc(OC(=O)c2ccccc2)c(OC)c1. The Hall–Kier alpha value is -2.33. The number of rotatable bonds is 6. The molecule has 0 aliphatic carbocycles. The summed E-state index contributed by atoms with van der Waals surface area (Å²) in [5.41, 5.74) is 1.47. The van der Waals surface area contributed by atoms with Gasteiger partial charge in [0.2, 0.25) is 0 Å². The largest absolute Gasteiger partial charge is 0.493 e. The van der Waals surface area contributed by atoms with E-state index in [1.165, 1.54) is 0 Å². The van der Waals surface area contributed by atoms with Crippen molar-refractivity contribution >= 4 is 5.97 Å². The third kappa shape index (κ3) is 3.86. The van der Waals surface area contributed by atoms with Crippen LogP contribution in [0.5, 0.6) is 11.5 Å². The highest BCUT2D eigenvalue weighted by Crippen LogP contribution is 2.31. The van der Waals surface area contributed by atoms with Crippen molar-refractivity contribution in [2.45, 2.75) is 20.0 Å². The first-order chi connectivity index (χ1) is 10.7. The first-order valence-corrected chi connectivity index (χ1v) is 7.22. The van der Waals surface area contributed by atoms with E-state index in [9.17, 15) is 4.79 Å². The smallest absolute Gasteiger partial charge is 0.343 e. The Labute approximate surface area is 130 Å². The molecule has 0 N–H and O–H groups in total. The molecule has 2 aromatic carbocycles. The Morgan fingerprint density at radius 2 is 1.82 bits per heavy atom. The van der Waals surface area contributed by atoms with Crippen LogP contribution in [0.25, 0.3) is 0 Å². The highest BCUT2D eigenvalue weighted by molar-refractivity contribution is 5.91. The maximum atomic E-state index is 12.1. The minimum Gasteiger partial charge on any atom is -0.493 e. The molecule has 0 amide bonds. The average Bonchev–Trinajstić information content (AvgIpc) is 2.56. The van der Waals surface area contributed by atoms with Gasteiger partial charge in [0.1, 0.15) is 0 Å². The lowest BCUT2D eigenvalue weighted by Gasteiger charge is -2.15. The van der Waals surface area contributed by atoms with Crippen molar-refractivity contribution in [1.29, 1.82) is 0 Å². The van der Waals surface area contributed by atoms with Crippen LogP contribution in [0, 0.1) is 0 Å². The lowest BCUT2D eigenvalue weighted by Crippen LogP contribution is -2.09. The number of carbonyl (C=O) groups excluding carboxylic acids is 1. The van der Waals surface area contributed by atoms with Crippen molar-refractivity contribution < 1.29 is 19.0 Å². The molecule has 0 radical (unpaired) electrons. The van der Waals surface area contributed by atoms with Crippen LogP contribution in [0.15, 0.2) is 48.5 Å². The lowest BCUT2D eigenvalue weighted by atomic mass is 10.1. The number of esters is 1. The summed E-state index contributed by atoms with van der Waals surface area (Å²) in [6.45, 7) is 4.55. The van der Waals surface area contributed by atoms with Gasteiger partial charge in [-0.3, -0.25) is 0 Å². The predicted octanol–water partition coefficient (Wildman–Crippen LogP) is 4.01. The van der Waals surface area contributed by atoms with Gasteiger partial charge in [-0.2, -0.15) is 0 Å². The van der Waals surface area contributed by atoms with Gasteiger partial charge in [-0.25, -0.2) is 4.79 Å². The highest BCUT2D eigenvalue weighted by atomic mass is 16.6. The van der Waals surface area contributed by atoms with E-state index in [4.69, 9.17) is 14.2 Å². The first kappa shape index (κ1) is 16.0. The van der Waals surface area contributed by atoms with Gasteiger partial charge in [-0.05, 0) is 43.7 Å². The number of benzene rings is 2. The molecule has 1 atom stereocenters. The molecule has 4 heteroatoms. The molecule has 2 aromatic rings. The maximum absolute atomic E-state index is 12.1. The summed E-state index contributed by atoms with van der Waals surface area (Å²) in [5.74, 6) is 0.488. The maximum Gasteiger partial charge on any atom is 0.343 e. The van der Waals surface area contributed by atoms with Crippen molar-refractivity contribution in [3.63, 3.8) is 0 Å². The third-order valence-electron chi connectivity index (χ3n) is 3.29. The van der Waals surface area contributed by atoms with E-state index in [-0.39, 0.29) is 6.10 Å². The van der Waals surface area contributed by atoms with Crippen molar-refractivity contribution in [2.75, 3.05) is 13.7 Å². The molecule has 0 saturated heterocycles. The summed E-state index contributed by atoms with van der Waals surface area (Å²) in [7, 11) is 1.55. The molecule has 0 aliphatic heterocycles. The number of hydrogen-bond donors (Lipinski definition) is 0. The molecule has 0 spiro atoms. The second-order valence-corrected chi connectivity index (χ2v) is 4.76. The van der Waals surface area contributed by atoms with Crippen molar-refractivity contribution in [2.24, 2.45) is 0 Å². The molecule has 0 saturated carbocycles. The fourth-order valence-corrected chi connectivity index (χ4v) is 2.10. The summed E-state index contributed by atoms with van der Waals surface area (Å²) >= 11 is 0. The summed E-state index contributed by atoms with van der Waals surface area (Å²) in [6, 6.07) is 14.3. The van der Waals surface area contributed by atoms with Crippen LogP contribution >= 0.6 is 0 Å². The van der Waals surface area contributed by atoms with Gasteiger partial charge in [-0.1, -0.05) is 24.3 Å². The fourth-order valence-electron chi connectivity index (χ4n) is 2.10. The van der Waals surface area contributed by atoms with E-state index in [1.807, 2.05) is 32.0 Å². The zero-order valence-electron chi connectivity index (χ0n) is 13.0. The molecule has 0 bridgehead atoms. The van der Waals surface area contributed by atoms with E-state index < -0.39 is 5.97 Å². The number of ether oxygens (including phenoxy) is 3. The number of hydrogen-bond acceptors (Lipinski definition) is 4. The van der Waals surface area contributed by atoms with Gasteiger partial charge in [0.05, 0.1) is 18.8 Å². The molecule has 116 valence electrons. The van der Waals surface area contributed by atoms with Gasteiger partial charge in [0.15, 0.2) is 11.5 Å². The van der Waals surface area contributed by atoms with Gasteiger partial charge >= 0.3 is 5.97 Å². The Bertz CT molecular complexity index is 622. The Balaban J connectivity index is 2.19. The second-order valence-electron chi connectivity index (χ2n) is 4.76. The zero-order valence-corrected chi connectivity index (χ0v) is 13.0. The molecule has 0 unspecified atom stereocenters. The van der Waals surface area contributed by atoms with Crippen LogP contribution in [0.1, 0.15) is 35.9 Å². The van der Waals surface area contributed by atoms with E-state index >= 15 is 0 Å². The average molecular weight is 300 g/mol. The molecule has 0 fully saturated rings. The van der Waals surface area contributed by atoms with Crippen LogP contribution in [0.2, 0.25) is 0 Å². The number of carbonyl (C=O) groups is 1. The zero-order chi connectivity index (χ0) is 15.9. The van der Waals surface area contributed by atoms with Gasteiger partial charge < -0.3 is 14.2 Å². The lowest BCUT2D eigenvalue weighted by molar-refractivity contribution is 0.0726. The minimum atomic E-state index is -0.412. The van der Waals surface area contributed by atoms with E-state index in [2.05, 4.69) is 0 Å². The second kappa shape index (κ2) is 7.61. The van der Waals surface area contributed by atoms with E-state index in [1.54, 1.807) is 37.4 Å². The molecule has 22 heavy (non-hydrogen) atoms. The van der Waals surface area contributed by atoms with Crippen LogP contribution in [0.3, 0.4) is 0 Å². The quantitative estimate of drug-likeness (QED) is 0.597. The van der Waals surface area contributed by atoms with Gasteiger partial charge in [0.25, 0.3) is 0 Å². The molecule has 2 rings (SSSR count). The van der Waals surface area contributed by atoms with Crippen molar-refractivity contribution in [3.8, 4) is 11.5 Å². The van der Waals surface area contributed by atoms with E-state index in [0.29, 0.717) is 23.7 Å². The molecule has 4 nitrogen and oxygen atoms in total.